The number of nitrogens with one attached hydrogen (secondary N) is 1. The highest BCUT2D eigenvalue weighted by molar-refractivity contribution is 6.30. The van der Waals surface area contributed by atoms with E-state index >= 15 is 0 Å². The van der Waals surface area contributed by atoms with Crippen molar-refractivity contribution < 1.29 is 4.74 Å². The molecule has 3 heteroatoms. The van der Waals surface area contributed by atoms with E-state index < -0.39 is 0 Å². The Morgan fingerprint density at radius 1 is 1.14 bits per heavy atom. The lowest BCUT2D eigenvalue weighted by Gasteiger charge is -2.22. The minimum absolute atomic E-state index is 0.263. The molecular formula is C18H22ClNO. The van der Waals surface area contributed by atoms with Crippen LogP contribution in [0.15, 0.2) is 48.5 Å². The maximum atomic E-state index is 6.11. The summed E-state index contributed by atoms with van der Waals surface area (Å²) >= 11 is 6.11. The summed E-state index contributed by atoms with van der Waals surface area (Å²) < 4.78 is 5.42. The van der Waals surface area contributed by atoms with Crippen molar-refractivity contribution in [1.82, 2.24) is 0 Å². The molecule has 2 aromatic rings. The van der Waals surface area contributed by atoms with Crippen LogP contribution in [0.25, 0.3) is 0 Å². The highest BCUT2D eigenvalue weighted by Crippen LogP contribution is 2.32. The van der Waals surface area contributed by atoms with E-state index in [2.05, 4.69) is 36.5 Å². The predicted molar refractivity (Wildman–Crippen MR) is 90.3 cm³/mol. The number of ether oxygens (including phenoxy) is 1. The summed E-state index contributed by atoms with van der Waals surface area (Å²) in [6, 6.07) is 16.4. The average Bonchev–Trinajstić information content (AvgIpc) is 2.52. The van der Waals surface area contributed by atoms with Crippen LogP contribution < -0.4 is 10.1 Å². The van der Waals surface area contributed by atoms with E-state index in [-0.39, 0.29) is 6.04 Å². The van der Waals surface area contributed by atoms with Crippen LogP contribution in [-0.2, 0) is 0 Å². The Balaban J connectivity index is 2.24. The molecule has 0 aliphatic carbocycles. The van der Waals surface area contributed by atoms with E-state index in [1.165, 1.54) is 18.4 Å². The maximum absolute atomic E-state index is 6.11. The van der Waals surface area contributed by atoms with E-state index in [4.69, 9.17) is 16.3 Å². The Kier molecular flexibility index (Phi) is 5.94. The van der Waals surface area contributed by atoms with Crippen LogP contribution in [-0.4, -0.2) is 7.11 Å². The summed E-state index contributed by atoms with van der Waals surface area (Å²) in [5.41, 5.74) is 2.22. The molecule has 1 N–H and O–H groups in total. The Hall–Kier alpha value is -1.67. The molecular weight excluding hydrogens is 282 g/mol. The van der Waals surface area contributed by atoms with Crippen LogP contribution in [0.4, 0.5) is 5.69 Å². The van der Waals surface area contributed by atoms with Gasteiger partial charge in [-0.25, -0.2) is 0 Å². The Morgan fingerprint density at radius 3 is 2.57 bits per heavy atom. The van der Waals surface area contributed by atoms with E-state index in [1.807, 2.05) is 24.3 Å². The normalized spacial score (nSPS) is 12.0. The lowest BCUT2D eigenvalue weighted by Crippen LogP contribution is -2.11. The summed E-state index contributed by atoms with van der Waals surface area (Å²) in [4.78, 5) is 0. The lowest BCUT2D eigenvalue weighted by molar-refractivity contribution is 0.415. The molecule has 2 aromatic carbocycles. The molecule has 2 rings (SSSR count). The standard InChI is InChI=1S/C18H22ClNO/c1-3-4-10-16(14-8-6-5-7-9-14)20-17-13-15(19)11-12-18(17)21-2/h5-9,11-13,16,20H,3-4,10H2,1-2H3. The molecule has 1 unspecified atom stereocenters. The SMILES string of the molecule is CCCCC(Nc1cc(Cl)ccc1OC)c1ccccc1. The van der Waals surface area contributed by atoms with Gasteiger partial charge in [-0.15, -0.1) is 0 Å². The Labute approximate surface area is 132 Å². The van der Waals surface area contributed by atoms with Crippen molar-refractivity contribution in [2.45, 2.75) is 32.2 Å². The van der Waals surface area contributed by atoms with Crippen molar-refractivity contribution in [2.24, 2.45) is 0 Å². The summed E-state index contributed by atoms with van der Waals surface area (Å²) in [5, 5.41) is 4.29. The minimum Gasteiger partial charge on any atom is -0.495 e. The zero-order chi connectivity index (χ0) is 15.1. The second kappa shape index (κ2) is 7.94. The molecule has 0 amide bonds. The van der Waals surface area contributed by atoms with Crippen molar-refractivity contribution in [1.29, 1.82) is 0 Å². The first-order valence-electron chi connectivity index (χ1n) is 7.39. The van der Waals surface area contributed by atoms with Crippen molar-refractivity contribution in [3.05, 3.63) is 59.1 Å². The number of methoxy groups -OCH3 is 1. The molecule has 0 aromatic heterocycles. The van der Waals surface area contributed by atoms with Crippen LogP contribution in [0, 0.1) is 0 Å². The molecule has 1 atom stereocenters. The molecule has 21 heavy (non-hydrogen) atoms. The van der Waals surface area contributed by atoms with Crippen LogP contribution in [0.5, 0.6) is 5.75 Å². The first-order valence-corrected chi connectivity index (χ1v) is 7.77. The molecule has 0 saturated carbocycles. The van der Waals surface area contributed by atoms with Gasteiger partial charge in [-0.1, -0.05) is 61.7 Å². The number of rotatable bonds is 7. The van der Waals surface area contributed by atoms with E-state index in [0.717, 1.165) is 17.9 Å². The third-order valence-electron chi connectivity index (χ3n) is 3.54. The monoisotopic (exact) mass is 303 g/mol. The fraction of sp³-hybridized carbons (Fsp3) is 0.333. The first-order chi connectivity index (χ1) is 10.2. The van der Waals surface area contributed by atoms with Crippen molar-refractivity contribution >= 4 is 17.3 Å². The van der Waals surface area contributed by atoms with Gasteiger partial charge in [0.2, 0.25) is 0 Å². The average molecular weight is 304 g/mol. The molecule has 0 aliphatic rings. The van der Waals surface area contributed by atoms with Crippen molar-refractivity contribution in [2.75, 3.05) is 12.4 Å². The van der Waals surface area contributed by atoms with Gasteiger partial charge in [0.1, 0.15) is 5.75 Å². The quantitative estimate of drug-likeness (QED) is 0.709. The number of hydrogen-bond acceptors (Lipinski definition) is 2. The second-order valence-corrected chi connectivity index (χ2v) is 5.53. The van der Waals surface area contributed by atoms with Gasteiger partial charge in [-0.2, -0.15) is 0 Å². The van der Waals surface area contributed by atoms with Gasteiger partial charge in [0.05, 0.1) is 18.8 Å². The number of hydrogen-bond donors (Lipinski definition) is 1. The van der Waals surface area contributed by atoms with Gasteiger partial charge in [0.25, 0.3) is 0 Å². The van der Waals surface area contributed by atoms with Gasteiger partial charge in [0.15, 0.2) is 0 Å². The van der Waals surface area contributed by atoms with Crippen LogP contribution >= 0.6 is 11.6 Å². The van der Waals surface area contributed by atoms with Crippen LogP contribution in [0.3, 0.4) is 0 Å². The van der Waals surface area contributed by atoms with Gasteiger partial charge in [0, 0.05) is 5.02 Å². The molecule has 0 fully saturated rings. The highest BCUT2D eigenvalue weighted by Gasteiger charge is 2.13. The number of anilines is 1. The lowest BCUT2D eigenvalue weighted by atomic mass is 10.0. The molecule has 0 aliphatic heterocycles. The third kappa shape index (κ3) is 4.40. The van der Waals surface area contributed by atoms with Gasteiger partial charge in [-0.05, 0) is 30.2 Å². The molecule has 0 radical (unpaired) electrons. The molecule has 0 bridgehead atoms. The summed E-state index contributed by atoms with van der Waals surface area (Å²) in [6.07, 6.45) is 3.43. The van der Waals surface area contributed by atoms with Crippen LogP contribution in [0.1, 0.15) is 37.8 Å². The fourth-order valence-corrected chi connectivity index (χ4v) is 2.57. The molecule has 0 spiro atoms. The summed E-state index contributed by atoms with van der Waals surface area (Å²) in [7, 11) is 1.68. The van der Waals surface area contributed by atoms with Crippen molar-refractivity contribution in [3.63, 3.8) is 0 Å². The molecule has 2 nitrogen and oxygen atoms in total. The number of halogens is 1. The third-order valence-corrected chi connectivity index (χ3v) is 3.77. The largest absolute Gasteiger partial charge is 0.495 e. The minimum atomic E-state index is 0.263. The smallest absolute Gasteiger partial charge is 0.142 e. The molecule has 0 saturated heterocycles. The summed E-state index contributed by atoms with van der Waals surface area (Å²) in [5.74, 6) is 0.817. The second-order valence-electron chi connectivity index (χ2n) is 5.09. The van der Waals surface area contributed by atoms with E-state index in [0.29, 0.717) is 5.02 Å². The molecule has 112 valence electrons. The van der Waals surface area contributed by atoms with Gasteiger partial charge < -0.3 is 10.1 Å². The number of benzene rings is 2. The maximum Gasteiger partial charge on any atom is 0.142 e. The van der Waals surface area contributed by atoms with Gasteiger partial charge in [-0.3, -0.25) is 0 Å². The first kappa shape index (κ1) is 15.7. The number of unbranched alkanes of at least 4 members (excludes halogenated alkanes) is 1. The Bertz CT molecular complexity index is 556. The zero-order valence-corrected chi connectivity index (χ0v) is 13.4. The fourth-order valence-electron chi connectivity index (χ4n) is 2.40. The molecule has 0 heterocycles. The van der Waals surface area contributed by atoms with E-state index in [1.54, 1.807) is 7.11 Å². The topological polar surface area (TPSA) is 21.3 Å². The van der Waals surface area contributed by atoms with Crippen LogP contribution in [0.2, 0.25) is 5.02 Å². The summed E-state index contributed by atoms with van der Waals surface area (Å²) in [6.45, 7) is 2.21. The zero-order valence-electron chi connectivity index (χ0n) is 12.6. The Morgan fingerprint density at radius 2 is 1.90 bits per heavy atom. The predicted octanol–water partition coefficient (Wildman–Crippen LogP) is 5.69. The van der Waals surface area contributed by atoms with Crippen molar-refractivity contribution in [3.8, 4) is 5.75 Å². The van der Waals surface area contributed by atoms with Gasteiger partial charge >= 0.3 is 0 Å². The highest BCUT2D eigenvalue weighted by atomic mass is 35.5. The van der Waals surface area contributed by atoms with E-state index in [9.17, 15) is 0 Å².